The van der Waals surface area contributed by atoms with E-state index in [2.05, 4.69) is 26.8 Å². The molecule has 2 aromatic carbocycles. The minimum absolute atomic E-state index is 0.147. The lowest BCUT2D eigenvalue weighted by Crippen LogP contribution is -2.24. The van der Waals surface area contributed by atoms with Gasteiger partial charge < -0.3 is 24.3 Å². The molecule has 0 aliphatic heterocycles. The Bertz CT molecular complexity index is 1760. The van der Waals surface area contributed by atoms with Crippen LogP contribution in [0.4, 0.5) is 11.5 Å². The SMILES string of the molecule is C=CC(=O)N(C)C/C=C/c1ccc2ncnc(Nc3cc(C)c(Oc4ccc5c(c4)ncn5C)cc3OC)c2n1. The predicted molar refractivity (Wildman–Crippen MR) is 156 cm³/mol. The molecule has 0 aliphatic rings. The first-order chi connectivity index (χ1) is 19.4. The minimum Gasteiger partial charge on any atom is -0.494 e. The molecule has 202 valence electrons. The Kier molecular flexibility index (Phi) is 7.41. The molecule has 40 heavy (non-hydrogen) atoms. The highest BCUT2D eigenvalue weighted by atomic mass is 16.5. The topological polar surface area (TPSA) is 107 Å². The van der Waals surface area contributed by atoms with Gasteiger partial charge in [0.25, 0.3) is 0 Å². The number of amides is 1. The molecule has 0 spiro atoms. The number of nitrogens with zero attached hydrogens (tertiary/aromatic N) is 6. The number of pyridine rings is 1. The lowest BCUT2D eigenvalue weighted by atomic mass is 10.1. The maximum Gasteiger partial charge on any atom is 0.245 e. The number of anilines is 2. The summed E-state index contributed by atoms with van der Waals surface area (Å²) in [5, 5.41) is 3.35. The van der Waals surface area contributed by atoms with Gasteiger partial charge in [0.2, 0.25) is 5.91 Å². The van der Waals surface area contributed by atoms with E-state index in [1.165, 1.54) is 12.4 Å². The van der Waals surface area contributed by atoms with Gasteiger partial charge in [-0.2, -0.15) is 0 Å². The van der Waals surface area contributed by atoms with Crippen LogP contribution in [0.25, 0.3) is 28.1 Å². The van der Waals surface area contributed by atoms with Gasteiger partial charge in [-0.3, -0.25) is 4.79 Å². The van der Waals surface area contributed by atoms with Crippen LogP contribution in [0, 0.1) is 6.92 Å². The van der Waals surface area contributed by atoms with Crippen LogP contribution < -0.4 is 14.8 Å². The van der Waals surface area contributed by atoms with Crippen LogP contribution in [-0.4, -0.2) is 56.0 Å². The van der Waals surface area contributed by atoms with Crippen molar-refractivity contribution in [3.63, 3.8) is 0 Å². The Hall–Kier alpha value is -5.25. The van der Waals surface area contributed by atoms with Gasteiger partial charge in [-0.1, -0.05) is 12.7 Å². The molecule has 0 unspecified atom stereocenters. The summed E-state index contributed by atoms with van der Waals surface area (Å²) in [6.45, 7) is 5.91. The van der Waals surface area contributed by atoms with Crippen LogP contribution in [0.5, 0.6) is 17.2 Å². The normalized spacial score (nSPS) is 11.2. The van der Waals surface area contributed by atoms with Crippen molar-refractivity contribution in [2.75, 3.05) is 26.0 Å². The number of nitrogens with one attached hydrogen (secondary N) is 1. The van der Waals surface area contributed by atoms with Gasteiger partial charge in [-0.25, -0.2) is 19.9 Å². The number of aromatic nitrogens is 5. The number of hydrogen-bond donors (Lipinski definition) is 1. The number of ether oxygens (including phenoxy) is 2. The molecule has 10 heteroatoms. The van der Waals surface area contributed by atoms with Gasteiger partial charge in [0.1, 0.15) is 29.1 Å². The van der Waals surface area contributed by atoms with E-state index in [4.69, 9.17) is 14.5 Å². The van der Waals surface area contributed by atoms with Crippen LogP contribution in [0.1, 0.15) is 11.3 Å². The van der Waals surface area contributed by atoms with Crippen LogP contribution in [0.2, 0.25) is 0 Å². The second-order valence-corrected chi connectivity index (χ2v) is 9.20. The smallest absolute Gasteiger partial charge is 0.245 e. The van der Waals surface area contributed by atoms with Crippen LogP contribution in [-0.2, 0) is 11.8 Å². The van der Waals surface area contributed by atoms with Crippen molar-refractivity contribution in [3.05, 3.63) is 85.1 Å². The number of carbonyl (C=O) groups excluding carboxylic acids is 1. The number of carbonyl (C=O) groups is 1. The van der Waals surface area contributed by atoms with E-state index in [1.54, 1.807) is 25.4 Å². The van der Waals surface area contributed by atoms with Gasteiger partial charge in [0, 0.05) is 32.8 Å². The maximum atomic E-state index is 11.7. The van der Waals surface area contributed by atoms with E-state index in [0.717, 1.165) is 16.6 Å². The van der Waals surface area contributed by atoms with Crippen molar-refractivity contribution >= 4 is 45.6 Å². The molecule has 5 aromatic rings. The molecule has 0 fully saturated rings. The van der Waals surface area contributed by atoms with Crippen molar-refractivity contribution in [2.24, 2.45) is 7.05 Å². The number of likely N-dealkylation sites (N-methyl/N-ethyl adjacent to an activating group) is 1. The second-order valence-electron chi connectivity index (χ2n) is 9.20. The van der Waals surface area contributed by atoms with Crippen molar-refractivity contribution in [1.29, 1.82) is 0 Å². The lowest BCUT2D eigenvalue weighted by molar-refractivity contribution is -0.124. The van der Waals surface area contributed by atoms with E-state index in [-0.39, 0.29) is 5.91 Å². The standard InChI is InChI=1S/C30H29N7O3/c1-6-28(38)36(3)13-7-8-20-9-11-22-29(34-20)30(32-17-31-22)35-24-14-19(2)26(16-27(24)39-5)40-21-10-12-25-23(15-21)33-18-37(25)4/h6-12,14-18H,1,13H2,2-5H3,(H,31,32,35)/b8-7+. The summed E-state index contributed by atoms with van der Waals surface area (Å²) in [6.07, 6.45) is 8.26. The fourth-order valence-electron chi connectivity index (χ4n) is 4.20. The zero-order chi connectivity index (χ0) is 28.2. The van der Waals surface area contributed by atoms with Gasteiger partial charge in [0.15, 0.2) is 5.82 Å². The number of imidazole rings is 1. The van der Waals surface area contributed by atoms with Gasteiger partial charge in [0.05, 0.1) is 41.4 Å². The Balaban J connectivity index is 1.40. The number of methoxy groups -OCH3 is 1. The van der Waals surface area contributed by atoms with E-state index in [0.29, 0.717) is 52.0 Å². The number of rotatable bonds is 9. The second kappa shape index (κ2) is 11.2. The number of aryl methyl sites for hydroxylation is 2. The third-order valence-corrected chi connectivity index (χ3v) is 6.40. The maximum absolute atomic E-state index is 11.7. The van der Waals surface area contributed by atoms with Crippen molar-refractivity contribution in [2.45, 2.75) is 6.92 Å². The molecule has 10 nitrogen and oxygen atoms in total. The molecule has 0 aliphatic carbocycles. The average Bonchev–Trinajstić information content (AvgIpc) is 3.33. The summed E-state index contributed by atoms with van der Waals surface area (Å²) in [5.74, 6) is 2.31. The van der Waals surface area contributed by atoms with Gasteiger partial charge in [-0.15, -0.1) is 0 Å². The van der Waals surface area contributed by atoms with E-state index in [9.17, 15) is 4.79 Å². The van der Waals surface area contributed by atoms with E-state index >= 15 is 0 Å². The van der Waals surface area contributed by atoms with Crippen LogP contribution in [0.3, 0.4) is 0 Å². The third-order valence-electron chi connectivity index (χ3n) is 6.40. The molecule has 0 atom stereocenters. The molecule has 0 bridgehead atoms. The highest BCUT2D eigenvalue weighted by Gasteiger charge is 2.14. The molecule has 3 aromatic heterocycles. The highest BCUT2D eigenvalue weighted by Crippen LogP contribution is 2.37. The number of fused-ring (bicyclic) bond motifs is 2. The van der Waals surface area contributed by atoms with Crippen molar-refractivity contribution in [1.82, 2.24) is 29.4 Å². The molecule has 1 amide bonds. The number of benzene rings is 2. The highest BCUT2D eigenvalue weighted by molar-refractivity contribution is 5.89. The third kappa shape index (κ3) is 5.46. The Labute approximate surface area is 231 Å². The first kappa shape index (κ1) is 26.4. The summed E-state index contributed by atoms with van der Waals surface area (Å²) in [7, 11) is 5.27. The van der Waals surface area contributed by atoms with E-state index in [1.807, 2.05) is 73.2 Å². The molecular weight excluding hydrogens is 506 g/mol. The number of hydrogen-bond acceptors (Lipinski definition) is 8. The minimum atomic E-state index is -0.147. The van der Waals surface area contributed by atoms with Gasteiger partial charge in [-0.05, 0) is 55.0 Å². The van der Waals surface area contributed by atoms with Gasteiger partial charge >= 0.3 is 0 Å². The quantitative estimate of drug-likeness (QED) is 0.249. The molecule has 0 saturated carbocycles. The summed E-state index contributed by atoms with van der Waals surface area (Å²) in [5.41, 5.74) is 5.50. The Morgan fingerprint density at radius 3 is 2.75 bits per heavy atom. The first-order valence-corrected chi connectivity index (χ1v) is 12.6. The molecule has 0 radical (unpaired) electrons. The Morgan fingerprint density at radius 1 is 1.10 bits per heavy atom. The van der Waals surface area contributed by atoms with Crippen LogP contribution in [0.15, 0.2) is 73.9 Å². The predicted octanol–water partition coefficient (Wildman–Crippen LogP) is 5.42. The summed E-state index contributed by atoms with van der Waals surface area (Å²) < 4.78 is 13.9. The zero-order valence-electron chi connectivity index (χ0n) is 22.8. The molecule has 3 heterocycles. The van der Waals surface area contributed by atoms with Crippen LogP contribution >= 0.6 is 0 Å². The summed E-state index contributed by atoms with van der Waals surface area (Å²) in [4.78, 5) is 31.2. The lowest BCUT2D eigenvalue weighted by Gasteiger charge is -2.16. The fraction of sp³-hybridized carbons (Fsp3) is 0.167. The molecule has 0 saturated heterocycles. The average molecular weight is 536 g/mol. The first-order valence-electron chi connectivity index (χ1n) is 12.6. The van der Waals surface area contributed by atoms with Crippen molar-refractivity contribution in [3.8, 4) is 17.2 Å². The molecule has 1 N–H and O–H groups in total. The molecular formula is C30H29N7O3. The summed E-state index contributed by atoms with van der Waals surface area (Å²) in [6, 6.07) is 13.3. The molecule has 5 rings (SSSR count). The zero-order valence-corrected chi connectivity index (χ0v) is 22.8. The van der Waals surface area contributed by atoms with E-state index < -0.39 is 0 Å². The monoisotopic (exact) mass is 535 g/mol. The fourth-order valence-corrected chi connectivity index (χ4v) is 4.20. The largest absolute Gasteiger partial charge is 0.494 e. The summed E-state index contributed by atoms with van der Waals surface area (Å²) >= 11 is 0. The Morgan fingerprint density at radius 2 is 1.95 bits per heavy atom. The van der Waals surface area contributed by atoms with Crippen molar-refractivity contribution < 1.29 is 14.3 Å².